The van der Waals surface area contributed by atoms with Crippen LogP contribution in [0, 0.1) is 5.92 Å². The molecule has 0 aromatic heterocycles. The third-order valence-corrected chi connectivity index (χ3v) is 3.49. The van der Waals surface area contributed by atoms with Gasteiger partial charge in [-0.05, 0) is 24.1 Å². The number of nitrogens with one attached hydrogen (secondary N) is 1. The van der Waals surface area contributed by atoms with Crippen molar-refractivity contribution in [3.8, 4) is 5.75 Å². The molecule has 0 saturated heterocycles. The number of amides is 2. The molecule has 1 aromatic carbocycles. The van der Waals surface area contributed by atoms with Crippen molar-refractivity contribution in [2.45, 2.75) is 20.0 Å². The molecule has 2 N–H and O–H groups in total. The number of urea groups is 1. The molecule has 1 aromatic rings. The number of carbonyl (C=O) groups is 2. The van der Waals surface area contributed by atoms with Crippen molar-refractivity contribution >= 4 is 12.0 Å². The summed E-state index contributed by atoms with van der Waals surface area (Å²) < 4.78 is 10.6. The van der Waals surface area contributed by atoms with Crippen LogP contribution in [0.5, 0.6) is 5.75 Å². The van der Waals surface area contributed by atoms with Crippen molar-refractivity contribution in [3.63, 3.8) is 0 Å². The first-order chi connectivity index (χ1) is 11.4. The Morgan fingerprint density at radius 1 is 1.29 bits per heavy atom. The molecule has 0 radical (unpaired) electrons. The lowest BCUT2D eigenvalue weighted by atomic mass is 10.2. The summed E-state index contributed by atoms with van der Waals surface area (Å²) in [7, 11) is 3.20. The molecule has 134 valence electrons. The second kappa shape index (κ2) is 10.5. The number of methoxy groups -OCH3 is 1. The van der Waals surface area contributed by atoms with E-state index in [0.717, 1.165) is 11.3 Å². The Balaban J connectivity index is 2.12. The summed E-state index contributed by atoms with van der Waals surface area (Å²) in [5.41, 5.74) is 1.06. The quantitative estimate of drug-likeness (QED) is 0.637. The molecule has 7 heteroatoms. The molecule has 7 nitrogen and oxygen atoms in total. The fourth-order valence-electron chi connectivity index (χ4n) is 1.99. The molecule has 1 atom stereocenters. The highest BCUT2D eigenvalue weighted by Crippen LogP contribution is 2.11. The number of hydrogen-bond acceptors (Lipinski definition) is 4. The maximum Gasteiger partial charge on any atom is 0.317 e. The number of carboxylic acids is 1. The summed E-state index contributed by atoms with van der Waals surface area (Å²) in [6, 6.07) is 7.37. The Bertz CT molecular complexity index is 518. The number of ether oxygens (including phenoxy) is 2. The Morgan fingerprint density at radius 2 is 1.96 bits per heavy atom. The third kappa shape index (κ3) is 7.32. The predicted octanol–water partition coefficient (Wildman–Crippen LogP) is 1.96. The van der Waals surface area contributed by atoms with Gasteiger partial charge in [0.1, 0.15) is 5.75 Å². The van der Waals surface area contributed by atoms with Crippen LogP contribution >= 0.6 is 0 Å². The molecule has 0 saturated carbocycles. The molecule has 0 aliphatic carbocycles. The normalized spacial score (nSPS) is 11.6. The smallest absolute Gasteiger partial charge is 0.317 e. The van der Waals surface area contributed by atoms with Gasteiger partial charge < -0.3 is 24.8 Å². The molecular weight excluding hydrogens is 312 g/mol. The Kier molecular flexibility index (Phi) is 8.64. The van der Waals surface area contributed by atoms with Crippen LogP contribution in [0.1, 0.15) is 18.9 Å². The van der Waals surface area contributed by atoms with Crippen molar-refractivity contribution in [3.05, 3.63) is 29.8 Å². The largest absolute Gasteiger partial charge is 0.497 e. The lowest BCUT2D eigenvalue weighted by molar-refractivity contribution is -0.141. The zero-order chi connectivity index (χ0) is 17.9. The van der Waals surface area contributed by atoms with E-state index < -0.39 is 11.9 Å². The average Bonchev–Trinajstić information content (AvgIpc) is 2.57. The van der Waals surface area contributed by atoms with Gasteiger partial charge in [-0.2, -0.15) is 0 Å². The number of benzene rings is 1. The predicted molar refractivity (Wildman–Crippen MR) is 90.1 cm³/mol. The van der Waals surface area contributed by atoms with Crippen molar-refractivity contribution in [2.24, 2.45) is 5.92 Å². The zero-order valence-corrected chi connectivity index (χ0v) is 14.4. The average molecular weight is 338 g/mol. The Hall–Kier alpha value is -2.28. The molecule has 0 spiro atoms. The number of rotatable bonds is 10. The summed E-state index contributed by atoms with van der Waals surface area (Å²) in [5.74, 6) is -0.696. The Labute approximate surface area is 142 Å². The third-order valence-electron chi connectivity index (χ3n) is 3.49. The topological polar surface area (TPSA) is 88.1 Å². The van der Waals surface area contributed by atoms with Crippen LogP contribution in [0.3, 0.4) is 0 Å². The van der Waals surface area contributed by atoms with Crippen LogP contribution in [0.15, 0.2) is 24.3 Å². The first kappa shape index (κ1) is 19.8. The minimum absolute atomic E-state index is 0.176. The minimum atomic E-state index is -0.915. The molecule has 2 amide bonds. The van der Waals surface area contributed by atoms with Crippen molar-refractivity contribution in [1.82, 2.24) is 10.2 Å². The van der Waals surface area contributed by atoms with Gasteiger partial charge in [0.25, 0.3) is 0 Å². The van der Waals surface area contributed by atoms with Gasteiger partial charge in [0.05, 0.1) is 19.6 Å². The summed E-state index contributed by atoms with van der Waals surface area (Å²) in [6.07, 6.45) is 0.685. The van der Waals surface area contributed by atoms with Gasteiger partial charge >= 0.3 is 12.0 Å². The molecule has 0 heterocycles. The van der Waals surface area contributed by atoms with E-state index in [1.54, 1.807) is 21.1 Å². The van der Waals surface area contributed by atoms with Crippen molar-refractivity contribution in [1.29, 1.82) is 0 Å². The summed E-state index contributed by atoms with van der Waals surface area (Å²) in [5, 5.41) is 11.6. The lowest BCUT2D eigenvalue weighted by Gasteiger charge is -2.19. The molecular formula is C17H26N2O5. The summed E-state index contributed by atoms with van der Waals surface area (Å²) >= 11 is 0. The number of carboxylic acid groups (broad SMARTS) is 1. The maximum atomic E-state index is 11.8. The number of hydrogen-bond donors (Lipinski definition) is 2. The van der Waals surface area contributed by atoms with Crippen LogP contribution < -0.4 is 10.1 Å². The summed E-state index contributed by atoms with van der Waals surface area (Å²) in [4.78, 5) is 23.9. The molecule has 0 bridgehead atoms. The molecule has 24 heavy (non-hydrogen) atoms. The van der Waals surface area contributed by atoms with Gasteiger partial charge in [-0.25, -0.2) is 4.79 Å². The van der Waals surface area contributed by atoms with Crippen molar-refractivity contribution in [2.75, 3.05) is 33.9 Å². The SMILES string of the molecule is COc1ccc(COCCCNC(=O)N(C)CC(C)C(=O)O)cc1. The molecule has 0 fully saturated rings. The van der Waals surface area contributed by atoms with Gasteiger partial charge in [-0.15, -0.1) is 0 Å². The number of aliphatic carboxylic acids is 1. The highest BCUT2D eigenvalue weighted by molar-refractivity contribution is 5.75. The van der Waals surface area contributed by atoms with Gasteiger partial charge in [0.15, 0.2) is 0 Å². The first-order valence-corrected chi connectivity index (χ1v) is 7.86. The maximum absolute atomic E-state index is 11.8. The number of carbonyl (C=O) groups excluding carboxylic acids is 1. The highest BCUT2D eigenvalue weighted by atomic mass is 16.5. The highest BCUT2D eigenvalue weighted by Gasteiger charge is 2.16. The molecule has 0 aliphatic heterocycles. The molecule has 1 unspecified atom stereocenters. The fourth-order valence-corrected chi connectivity index (χ4v) is 1.99. The van der Waals surface area contributed by atoms with Crippen LogP contribution in [0.4, 0.5) is 4.79 Å². The van der Waals surface area contributed by atoms with Crippen LogP contribution in [-0.4, -0.2) is 55.9 Å². The fraction of sp³-hybridized carbons (Fsp3) is 0.529. The number of nitrogens with zero attached hydrogens (tertiary/aromatic N) is 1. The van der Waals surface area contributed by atoms with Gasteiger partial charge in [-0.1, -0.05) is 19.1 Å². The van der Waals surface area contributed by atoms with Gasteiger partial charge in [-0.3, -0.25) is 4.79 Å². The lowest BCUT2D eigenvalue weighted by Crippen LogP contribution is -2.41. The van der Waals surface area contributed by atoms with Crippen LogP contribution in [0.2, 0.25) is 0 Å². The molecule has 0 aliphatic rings. The monoisotopic (exact) mass is 338 g/mol. The minimum Gasteiger partial charge on any atom is -0.497 e. The van der Waals surface area contributed by atoms with E-state index in [-0.39, 0.29) is 12.6 Å². The van der Waals surface area contributed by atoms with Gasteiger partial charge in [0.2, 0.25) is 0 Å². The van der Waals surface area contributed by atoms with E-state index in [9.17, 15) is 9.59 Å². The van der Waals surface area contributed by atoms with E-state index in [1.807, 2.05) is 24.3 Å². The van der Waals surface area contributed by atoms with E-state index in [1.165, 1.54) is 4.90 Å². The second-order valence-electron chi connectivity index (χ2n) is 5.61. The molecule has 1 rings (SSSR count). The van der Waals surface area contributed by atoms with E-state index in [2.05, 4.69) is 5.32 Å². The van der Waals surface area contributed by atoms with Gasteiger partial charge in [0, 0.05) is 26.7 Å². The van der Waals surface area contributed by atoms with E-state index in [4.69, 9.17) is 14.6 Å². The zero-order valence-electron chi connectivity index (χ0n) is 14.4. The van der Waals surface area contributed by atoms with E-state index >= 15 is 0 Å². The second-order valence-corrected chi connectivity index (χ2v) is 5.61. The van der Waals surface area contributed by atoms with Crippen molar-refractivity contribution < 1.29 is 24.2 Å². The van der Waals surface area contributed by atoms with E-state index in [0.29, 0.717) is 26.2 Å². The van der Waals surface area contributed by atoms with Crippen LogP contribution in [-0.2, 0) is 16.1 Å². The first-order valence-electron chi connectivity index (χ1n) is 7.86. The Morgan fingerprint density at radius 3 is 2.54 bits per heavy atom. The standard InChI is InChI=1S/C17H26N2O5/c1-13(16(20)21)11-19(2)17(22)18-9-4-10-24-12-14-5-7-15(23-3)8-6-14/h5-8,13H,4,9-12H2,1-3H3,(H,18,22)(H,20,21). The summed E-state index contributed by atoms with van der Waals surface area (Å²) in [6.45, 7) is 3.26. The van der Waals surface area contributed by atoms with Crippen LogP contribution in [0.25, 0.3) is 0 Å².